The van der Waals surface area contributed by atoms with E-state index in [4.69, 9.17) is 0 Å². The first-order valence-electron chi connectivity index (χ1n) is 8.07. The van der Waals surface area contributed by atoms with E-state index < -0.39 is 26.6 Å². The standard InChI is InChI=1S/C17H22N2O4S/c1-11-5-4-6-14(12(11)2)19-10-13(9-15(19)20)16(21)18-24(22,23)17(3)7-8-17/h4-6,13H,7-10H2,1-3H3,(H,18,21). The molecule has 0 aromatic heterocycles. The first-order valence-corrected chi connectivity index (χ1v) is 9.56. The third-order valence-corrected chi connectivity index (χ3v) is 7.38. The van der Waals surface area contributed by atoms with E-state index in [0.29, 0.717) is 12.8 Å². The van der Waals surface area contributed by atoms with Crippen molar-refractivity contribution < 1.29 is 18.0 Å². The van der Waals surface area contributed by atoms with Crippen LogP contribution >= 0.6 is 0 Å². The molecule has 1 saturated carbocycles. The molecule has 1 aliphatic carbocycles. The number of benzene rings is 1. The van der Waals surface area contributed by atoms with Crippen LogP contribution in [0.25, 0.3) is 0 Å². The lowest BCUT2D eigenvalue weighted by Gasteiger charge is -2.20. The number of sulfonamides is 1. The normalized spacial score (nSPS) is 22.5. The molecule has 0 spiro atoms. The molecule has 1 atom stereocenters. The summed E-state index contributed by atoms with van der Waals surface area (Å²) in [5.74, 6) is -1.38. The van der Waals surface area contributed by atoms with Crippen LogP contribution in [0, 0.1) is 19.8 Å². The lowest BCUT2D eigenvalue weighted by Crippen LogP contribution is -2.42. The molecule has 1 saturated heterocycles. The van der Waals surface area contributed by atoms with E-state index in [2.05, 4.69) is 4.72 Å². The van der Waals surface area contributed by atoms with E-state index in [-0.39, 0.29) is 18.9 Å². The average molecular weight is 350 g/mol. The molecule has 2 amide bonds. The Labute approximate surface area is 142 Å². The van der Waals surface area contributed by atoms with Gasteiger partial charge in [-0.25, -0.2) is 8.42 Å². The van der Waals surface area contributed by atoms with Gasteiger partial charge >= 0.3 is 0 Å². The lowest BCUT2D eigenvalue weighted by molar-refractivity contribution is -0.124. The van der Waals surface area contributed by atoms with E-state index >= 15 is 0 Å². The molecule has 0 bridgehead atoms. The van der Waals surface area contributed by atoms with E-state index in [0.717, 1.165) is 16.8 Å². The van der Waals surface area contributed by atoms with Crippen molar-refractivity contribution in [3.63, 3.8) is 0 Å². The zero-order chi connectivity index (χ0) is 17.7. The van der Waals surface area contributed by atoms with E-state index in [1.54, 1.807) is 11.8 Å². The van der Waals surface area contributed by atoms with Gasteiger partial charge in [0.1, 0.15) is 0 Å². The minimum absolute atomic E-state index is 0.0332. The Balaban J connectivity index is 1.75. The van der Waals surface area contributed by atoms with Crippen molar-refractivity contribution >= 4 is 27.5 Å². The molecule has 0 radical (unpaired) electrons. The molecule has 2 aliphatic rings. The second-order valence-electron chi connectivity index (χ2n) is 7.04. The van der Waals surface area contributed by atoms with Crippen LogP contribution in [0.1, 0.15) is 37.3 Å². The van der Waals surface area contributed by atoms with Gasteiger partial charge in [-0.1, -0.05) is 12.1 Å². The van der Waals surface area contributed by atoms with Crippen LogP contribution in [0.15, 0.2) is 18.2 Å². The predicted molar refractivity (Wildman–Crippen MR) is 91.1 cm³/mol. The maximum absolute atomic E-state index is 12.3. The number of carbonyl (C=O) groups excluding carboxylic acids is 2. The minimum atomic E-state index is -3.67. The fourth-order valence-electron chi connectivity index (χ4n) is 2.93. The summed E-state index contributed by atoms with van der Waals surface area (Å²) in [5, 5.41) is 0. The summed E-state index contributed by atoms with van der Waals surface area (Å²) < 4.78 is 25.7. The van der Waals surface area contributed by atoms with Crippen LogP contribution in [0.4, 0.5) is 5.69 Å². The number of anilines is 1. The van der Waals surface area contributed by atoms with Crippen molar-refractivity contribution in [1.29, 1.82) is 0 Å². The maximum atomic E-state index is 12.3. The Kier molecular flexibility index (Phi) is 3.94. The number of amides is 2. The molecule has 1 unspecified atom stereocenters. The Morgan fingerprint density at radius 3 is 2.58 bits per heavy atom. The predicted octanol–water partition coefficient (Wildman–Crippen LogP) is 1.65. The second kappa shape index (κ2) is 5.58. The molecule has 130 valence electrons. The quantitative estimate of drug-likeness (QED) is 0.895. The highest BCUT2D eigenvalue weighted by Crippen LogP contribution is 2.42. The van der Waals surface area contributed by atoms with Crippen molar-refractivity contribution in [3.8, 4) is 0 Å². The molecule has 1 aromatic carbocycles. The van der Waals surface area contributed by atoms with Crippen molar-refractivity contribution in [2.75, 3.05) is 11.4 Å². The van der Waals surface area contributed by atoms with Gasteiger partial charge in [-0.3, -0.25) is 14.3 Å². The van der Waals surface area contributed by atoms with Gasteiger partial charge in [0.15, 0.2) is 0 Å². The lowest BCUT2D eigenvalue weighted by atomic mass is 10.1. The van der Waals surface area contributed by atoms with Crippen LogP contribution in [0.3, 0.4) is 0 Å². The van der Waals surface area contributed by atoms with E-state index in [1.165, 1.54) is 0 Å². The van der Waals surface area contributed by atoms with Gasteiger partial charge < -0.3 is 4.90 Å². The fourth-order valence-corrected chi connectivity index (χ4v) is 4.25. The zero-order valence-electron chi connectivity index (χ0n) is 14.1. The average Bonchev–Trinajstić information content (AvgIpc) is 3.14. The molecular formula is C17H22N2O4S. The smallest absolute Gasteiger partial charge is 0.240 e. The van der Waals surface area contributed by atoms with Gasteiger partial charge in [-0.05, 0) is 50.8 Å². The SMILES string of the molecule is Cc1cccc(N2CC(C(=O)NS(=O)(=O)C3(C)CC3)CC2=O)c1C. The first-order chi connectivity index (χ1) is 11.1. The highest BCUT2D eigenvalue weighted by molar-refractivity contribution is 7.91. The van der Waals surface area contributed by atoms with E-state index in [9.17, 15) is 18.0 Å². The number of hydrogen-bond acceptors (Lipinski definition) is 4. The molecule has 24 heavy (non-hydrogen) atoms. The molecule has 1 aliphatic heterocycles. The Bertz CT molecular complexity index is 812. The highest BCUT2D eigenvalue weighted by atomic mass is 32.2. The summed E-state index contributed by atoms with van der Waals surface area (Å²) in [6.45, 7) is 5.74. The largest absolute Gasteiger partial charge is 0.311 e. The molecule has 1 aromatic rings. The summed E-state index contributed by atoms with van der Waals surface area (Å²) in [7, 11) is -3.67. The van der Waals surface area contributed by atoms with Crippen molar-refractivity contribution in [3.05, 3.63) is 29.3 Å². The Hall–Kier alpha value is -1.89. The molecule has 1 heterocycles. The number of hydrogen-bond donors (Lipinski definition) is 1. The van der Waals surface area contributed by atoms with Crippen LogP contribution in [0.2, 0.25) is 0 Å². The summed E-state index contributed by atoms with van der Waals surface area (Å²) in [6, 6.07) is 5.69. The summed E-state index contributed by atoms with van der Waals surface area (Å²) in [6.07, 6.45) is 1.16. The topological polar surface area (TPSA) is 83.6 Å². The Morgan fingerprint density at radius 1 is 1.29 bits per heavy atom. The van der Waals surface area contributed by atoms with Crippen LogP contribution in [-0.4, -0.2) is 31.5 Å². The molecule has 3 rings (SSSR count). The molecule has 2 fully saturated rings. The van der Waals surface area contributed by atoms with Gasteiger partial charge in [-0.15, -0.1) is 0 Å². The molecular weight excluding hydrogens is 328 g/mol. The first kappa shape index (κ1) is 17.0. The number of aryl methyl sites for hydroxylation is 1. The monoisotopic (exact) mass is 350 g/mol. The maximum Gasteiger partial charge on any atom is 0.240 e. The number of nitrogens with zero attached hydrogens (tertiary/aromatic N) is 1. The summed E-state index contributed by atoms with van der Waals surface area (Å²) >= 11 is 0. The van der Waals surface area contributed by atoms with Crippen molar-refractivity contribution in [2.24, 2.45) is 5.92 Å². The summed E-state index contributed by atoms with van der Waals surface area (Å²) in [5.41, 5.74) is 2.84. The second-order valence-corrected chi connectivity index (χ2v) is 9.24. The fraction of sp³-hybridized carbons (Fsp3) is 0.529. The minimum Gasteiger partial charge on any atom is -0.311 e. The molecule has 6 nitrogen and oxygen atoms in total. The zero-order valence-corrected chi connectivity index (χ0v) is 14.9. The molecule has 1 N–H and O–H groups in total. The van der Waals surface area contributed by atoms with Gasteiger partial charge in [0, 0.05) is 18.7 Å². The van der Waals surface area contributed by atoms with Crippen LogP contribution < -0.4 is 9.62 Å². The van der Waals surface area contributed by atoms with E-state index in [1.807, 2.05) is 32.0 Å². The summed E-state index contributed by atoms with van der Waals surface area (Å²) in [4.78, 5) is 26.2. The highest BCUT2D eigenvalue weighted by Gasteiger charge is 2.51. The number of nitrogens with one attached hydrogen (secondary N) is 1. The molecule has 7 heteroatoms. The number of rotatable bonds is 4. The third-order valence-electron chi connectivity index (χ3n) is 5.20. The van der Waals surface area contributed by atoms with Crippen LogP contribution in [-0.2, 0) is 19.6 Å². The van der Waals surface area contributed by atoms with Gasteiger partial charge in [0.05, 0.1) is 10.7 Å². The van der Waals surface area contributed by atoms with Crippen molar-refractivity contribution in [1.82, 2.24) is 4.72 Å². The van der Waals surface area contributed by atoms with Gasteiger partial charge in [-0.2, -0.15) is 0 Å². The third kappa shape index (κ3) is 2.81. The number of carbonyl (C=O) groups is 2. The van der Waals surface area contributed by atoms with Gasteiger partial charge in [0.2, 0.25) is 21.8 Å². The van der Waals surface area contributed by atoms with Crippen LogP contribution in [0.5, 0.6) is 0 Å². The van der Waals surface area contributed by atoms with Crippen molar-refractivity contribution in [2.45, 2.75) is 44.8 Å². The Morgan fingerprint density at radius 2 is 1.96 bits per heavy atom. The van der Waals surface area contributed by atoms with Gasteiger partial charge in [0.25, 0.3) is 0 Å².